The molecule has 0 spiro atoms. The topological polar surface area (TPSA) is 49.3 Å². The molecule has 0 saturated heterocycles. The number of aliphatic hydroxyl groups excluding tert-OH is 1. The number of nitrogens with one attached hydrogen (secondary N) is 1. The monoisotopic (exact) mass is 287 g/mol. The summed E-state index contributed by atoms with van der Waals surface area (Å²) in [5, 5.41) is 13.5. The van der Waals surface area contributed by atoms with Gasteiger partial charge in [-0.05, 0) is 31.0 Å². The normalized spacial score (nSPS) is 23.7. The van der Waals surface area contributed by atoms with Crippen molar-refractivity contribution < 1.29 is 9.90 Å². The Kier molecular flexibility index (Phi) is 4.49. The van der Waals surface area contributed by atoms with Crippen LogP contribution in [0.25, 0.3) is 0 Å². The van der Waals surface area contributed by atoms with Crippen molar-refractivity contribution in [3.63, 3.8) is 0 Å². The molecule has 0 radical (unpaired) electrons. The van der Waals surface area contributed by atoms with E-state index in [-0.39, 0.29) is 11.9 Å². The van der Waals surface area contributed by atoms with Crippen molar-refractivity contribution in [3.8, 4) is 0 Å². The zero-order valence-electron chi connectivity index (χ0n) is 9.83. The lowest BCUT2D eigenvalue weighted by atomic mass is 9.92. The summed E-state index contributed by atoms with van der Waals surface area (Å²) >= 11 is 11.8. The van der Waals surface area contributed by atoms with Gasteiger partial charge in [-0.3, -0.25) is 4.79 Å². The summed E-state index contributed by atoms with van der Waals surface area (Å²) in [6.45, 7) is 0. The summed E-state index contributed by atoms with van der Waals surface area (Å²) in [6.07, 6.45) is 3.11. The molecule has 2 atom stereocenters. The van der Waals surface area contributed by atoms with Gasteiger partial charge in [0.25, 0.3) is 5.91 Å². The Labute approximate surface area is 116 Å². The Morgan fingerprint density at radius 2 is 2.00 bits per heavy atom. The van der Waals surface area contributed by atoms with Crippen LogP contribution in [0.3, 0.4) is 0 Å². The quantitative estimate of drug-likeness (QED) is 0.878. The lowest BCUT2D eigenvalue weighted by molar-refractivity contribution is 0.0717. The Hall–Kier alpha value is -0.770. The molecular weight excluding hydrogens is 273 g/mol. The third kappa shape index (κ3) is 3.16. The van der Waals surface area contributed by atoms with Crippen LogP contribution in [0.5, 0.6) is 0 Å². The number of carbonyl (C=O) groups excluding carboxylic acids is 1. The van der Waals surface area contributed by atoms with Crippen LogP contribution in [-0.4, -0.2) is 23.2 Å². The zero-order chi connectivity index (χ0) is 13.1. The van der Waals surface area contributed by atoms with Crippen molar-refractivity contribution in [2.45, 2.75) is 37.8 Å². The van der Waals surface area contributed by atoms with Gasteiger partial charge in [-0.1, -0.05) is 36.0 Å². The van der Waals surface area contributed by atoms with E-state index in [1.165, 1.54) is 6.07 Å². The van der Waals surface area contributed by atoms with Gasteiger partial charge in [0.05, 0.1) is 22.7 Å². The molecule has 1 aromatic carbocycles. The Bertz CT molecular complexity index is 451. The van der Waals surface area contributed by atoms with E-state index in [1.54, 1.807) is 12.1 Å². The molecule has 1 aliphatic rings. The van der Waals surface area contributed by atoms with E-state index in [4.69, 9.17) is 23.2 Å². The highest BCUT2D eigenvalue weighted by Gasteiger charge is 2.25. The van der Waals surface area contributed by atoms with Crippen molar-refractivity contribution in [2.24, 2.45) is 0 Å². The first-order valence-electron chi connectivity index (χ1n) is 6.02. The number of hydrogen-bond donors (Lipinski definition) is 2. The van der Waals surface area contributed by atoms with Crippen molar-refractivity contribution >= 4 is 29.1 Å². The molecule has 98 valence electrons. The largest absolute Gasteiger partial charge is 0.391 e. The molecule has 2 rings (SSSR count). The molecule has 18 heavy (non-hydrogen) atoms. The van der Waals surface area contributed by atoms with Crippen molar-refractivity contribution in [3.05, 3.63) is 33.8 Å². The average Bonchev–Trinajstić information content (AvgIpc) is 2.32. The lowest BCUT2D eigenvalue weighted by Gasteiger charge is -2.28. The third-order valence-electron chi connectivity index (χ3n) is 3.22. The number of aliphatic hydroxyl groups is 1. The zero-order valence-corrected chi connectivity index (χ0v) is 11.3. The van der Waals surface area contributed by atoms with Gasteiger partial charge in [0, 0.05) is 5.02 Å². The second kappa shape index (κ2) is 5.91. The summed E-state index contributed by atoms with van der Waals surface area (Å²) in [5.74, 6) is -0.261. The van der Waals surface area contributed by atoms with E-state index in [9.17, 15) is 9.90 Å². The molecule has 1 aliphatic carbocycles. The Morgan fingerprint density at radius 1 is 1.28 bits per heavy atom. The summed E-state index contributed by atoms with van der Waals surface area (Å²) in [7, 11) is 0. The molecule has 1 aromatic rings. The van der Waals surface area contributed by atoms with Crippen LogP contribution in [0.2, 0.25) is 10.0 Å². The summed E-state index contributed by atoms with van der Waals surface area (Å²) in [5.41, 5.74) is 0.388. The second-order valence-electron chi connectivity index (χ2n) is 4.56. The predicted molar refractivity (Wildman–Crippen MR) is 72.2 cm³/mol. The maximum absolute atomic E-state index is 12.0. The van der Waals surface area contributed by atoms with Crippen LogP contribution in [0.15, 0.2) is 18.2 Å². The number of halogens is 2. The molecule has 0 aliphatic heterocycles. The number of amides is 1. The first-order chi connectivity index (χ1) is 8.58. The van der Waals surface area contributed by atoms with Crippen LogP contribution in [0.1, 0.15) is 36.0 Å². The molecule has 5 heteroatoms. The standard InChI is InChI=1S/C13H15Cl2NO2/c14-8-5-6-9(10(15)7-8)13(18)16-11-3-1-2-4-12(11)17/h5-7,11-12,17H,1-4H2,(H,16,18). The number of benzene rings is 1. The van der Waals surface area contributed by atoms with Crippen LogP contribution < -0.4 is 5.32 Å². The highest BCUT2D eigenvalue weighted by atomic mass is 35.5. The first kappa shape index (κ1) is 13.7. The Morgan fingerprint density at radius 3 is 2.67 bits per heavy atom. The van der Waals surface area contributed by atoms with Gasteiger partial charge < -0.3 is 10.4 Å². The van der Waals surface area contributed by atoms with Crippen LogP contribution in [-0.2, 0) is 0 Å². The van der Waals surface area contributed by atoms with Crippen molar-refractivity contribution in [2.75, 3.05) is 0 Å². The fourth-order valence-corrected chi connectivity index (χ4v) is 2.69. The minimum atomic E-state index is -0.464. The summed E-state index contributed by atoms with van der Waals surface area (Å²) < 4.78 is 0. The molecule has 1 amide bonds. The fraction of sp³-hybridized carbons (Fsp3) is 0.462. The number of carbonyl (C=O) groups is 1. The van der Waals surface area contributed by atoms with Crippen molar-refractivity contribution in [1.29, 1.82) is 0 Å². The minimum absolute atomic E-state index is 0.182. The molecule has 3 nitrogen and oxygen atoms in total. The molecule has 1 saturated carbocycles. The molecular formula is C13H15Cl2NO2. The van der Waals surface area contributed by atoms with Crippen LogP contribution >= 0.6 is 23.2 Å². The van der Waals surface area contributed by atoms with Crippen molar-refractivity contribution in [1.82, 2.24) is 5.32 Å². The van der Waals surface area contributed by atoms with E-state index in [1.807, 2.05) is 0 Å². The van der Waals surface area contributed by atoms with Crippen LogP contribution in [0, 0.1) is 0 Å². The van der Waals surface area contributed by atoms with Gasteiger partial charge in [0.2, 0.25) is 0 Å². The molecule has 0 bridgehead atoms. The molecule has 0 heterocycles. The second-order valence-corrected chi connectivity index (χ2v) is 5.40. The third-order valence-corrected chi connectivity index (χ3v) is 3.77. The average molecular weight is 288 g/mol. The van der Waals surface area contributed by atoms with E-state index >= 15 is 0 Å². The molecule has 2 unspecified atom stereocenters. The van der Waals surface area contributed by atoms with Crippen LogP contribution in [0.4, 0.5) is 0 Å². The van der Waals surface area contributed by atoms with Gasteiger partial charge in [-0.25, -0.2) is 0 Å². The SMILES string of the molecule is O=C(NC1CCCCC1O)c1ccc(Cl)cc1Cl. The van der Waals surface area contributed by atoms with E-state index in [2.05, 4.69) is 5.32 Å². The highest BCUT2D eigenvalue weighted by molar-refractivity contribution is 6.36. The van der Waals surface area contributed by atoms with Gasteiger partial charge in [-0.15, -0.1) is 0 Å². The number of rotatable bonds is 2. The lowest BCUT2D eigenvalue weighted by Crippen LogP contribution is -2.45. The first-order valence-corrected chi connectivity index (χ1v) is 6.77. The maximum atomic E-state index is 12.0. The summed E-state index contributed by atoms with van der Waals surface area (Å²) in [6, 6.07) is 4.57. The molecule has 1 fully saturated rings. The highest BCUT2D eigenvalue weighted by Crippen LogP contribution is 2.23. The molecule has 2 N–H and O–H groups in total. The van der Waals surface area contributed by atoms with E-state index in [0.717, 1.165) is 25.7 Å². The van der Waals surface area contributed by atoms with Gasteiger partial charge in [0.1, 0.15) is 0 Å². The van der Waals surface area contributed by atoms with Gasteiger partial charge in [-0.2, -0.15) is 0 Å². The molecule has 0 aromatic heterocycles. The minimum Gasteiger partial charge on any atom is -0.391 e. The van der Waals surface area contributed by atoms with Gasteiger partial charge >= 0.3 is 0 Å². The predicted octanol–water partition coefficient (Wildman–Crippen LogP) is 3.03. The fourth-order valence-electron chi connectivity index (χ4n) is 2.20. The number of hydrogen-bond acceptors (Lipinski definition) is 2. The summed E-state index contributed by atoms with van der Waals surface area (Å²) in [4.78, 5) is 12.0. The van der Waals surface area contributed by atoms with E-state index < -0.39 is 6.10 Å². The van der Waals surface area contributed by atoms with Gasteiger partial charge in [0.15, 0.2) is 0 Å². The Balaban J connectivity index is 2.07. The maximum Gasteiger partial charge on any atom is 0.253 e. The van der Waals surface area contributed by atoms with E-state index in [0.29, 0.717) is 15.6 Å². The smallest absolute Gasteiger partial charge is 0.253 e.